The van der Waals surface area contributed by atoms with Crippen LogP contribution < -0.4 is 0 Å². The molecule has 3 nitrogen and oxygen atoms in total. The van der Waals surface area contributed by atoms with Gasteiger partial charge in [0.2, 0.25) is 0 Å². The summed E-state index contributed by atoms with van der Waals surface area (Å²) in [5.41, 5.74) is 1.05. The number of benzene rings is 1. The van der Waals surface area contributed by atoms with E-state index in [4.69, 9.17) is 4.74 Å². The molecule has 0 saturated carbocycles. The molecule has 3 rings (SSSR count). The number of hydrogen-bond acceptors (Lipinski definition) is 2. The molecule has 2 fully saturated rings. The third kappa shape index (κ3) is 3.42. The molecule has 0 aliphatic carbocycles. The number of hydrogen-bond donors (Lipinski definition) is 0. The Morgan fingerprint density at radius 2 is 1.86 bits per heavy atom. The molecule has 0 N–H and O–H groups in total. The van der Waals surface area contributed by atoms with Crippen LogP contribution in [0, 0.1) is 5.92 Å². The van der Waals surface area contributed by atoms with Gasteiger partial charge in [0.15, 0.2) is 0 Å². The second kappa shape index (κ2) is 6.82. The molecule has 2 unspecified atom stereocenters. The Hall–Kier alpha value is -1.03. The Labute approximate surface area is 134 Å². The molecule has 0 radical (unpaired) electrons. The smallest absolute Gasteiger partial charge is 0.410 e. The van der Waals surface area contributed by atoms with Crippen molar-refractivity contribution >= 4 is 22.0 Å². The first-order valence-corrected chi connectivity index (χ1v) is 8.95. The van der Waals surface area contributed by atoms with Crippen molar-refractivity contribution in [2.75, 3.05) is 5.33 Å². The van der Waals surface area contributed by atoms with Crippen LogP contribution in [0.4, 0.5) is 4.79 Å². The molecule has 1 aromatic rings. The molecule has 114 valence electrons. The van der Waals surface area contributed by atoms with Crippen LogP contribution in [0.25, 0.3) is 0 Å². The summed E-state index contributed by atoms with van der Waals surface area (Å²) < 4.78 is 5.52. The van der Waals surface area contributed by atoms with Crippen LogP contribution >= 0.6 is 15.9 Å². The van der Waals surface area contributed by atoms with Crippen LogP contribution in [0.15, 0.2) is 30.3 Å². The Balaban J connectivity index is 1.56. The van der Waals surface area contributed by atoms with Gasteiger partial charge < -0.3 is 9.64 Å². The highest BCUT2D eigenvalue weighted by molar-refractivity contribution is 9.09. The van der Waals surface area contributed by atoms with Crippen LogP contribution in [-0.2, 0) is 11.3 Å². The quantitative estimate of drug-likeness (QED) is 0.754. The molecule has 1 amide bonds. The van der Waals surface area contributed by atoms with Gasteiger partial charge in [-0.25, -0.2) is 4.79 Å². The lowest BCUT2D eigenvalue weighted by molar-refractivity contribution is 0.0528. The number of alkyl halides is 1. The lowest BCUT2D eigenvalue weighted by Crippen LogP contribution is -2.46. The highest BCUT2D eigenvalue weighted by Gasteiger charge is 2.43. The number of halogens is 1. The number of nitrogens with zero attached hydrogens (tertiary/aromatic N) is 1. The minimum Gasteiger partial charge on any atom is -0.445 e. The second-order valence-electron chi connectivity index (χ2n) is 6.15. The minimum atomic E-state index is -0.122. The van der Waals surface area contributed by atoms with Gasteiger partial charge in [-0.05, 0) is 43.6 Å². The largest absolute Gasteiger partial charge is 0.445 e. The maximum Gasteiger partial charge on any atom is 0.410 e. The summed E-state index contributed by atoms with van der Waals surface area (Å²) in [6.07, 6.45) is 5.67. The topological polar surface area (TPSA) is 29.5 Å². The van der Waals surface area contributed by atoms with Crippen LogP contribution in [0.1, 0.15) is 37.7 Å². The average molecular weight is 352 g/mol. The van der Waals surface area contributed by atoms with E-state index < -0.39 is 0 Å². The molecule has 0 spiro atoms. The fourth-order valence-electron chi connectivity index (χ4n) is 3.77. The summed E-state index contributed by atoms with van der Waals surface area (Å²) in [4.78, 5) is 14.4. The number of fused-ring (bicyclic) bond motifs is 2. The van der Waals surface area contributed by atoms with Crippen molar-refractivity contribution in [3.63, 3.8) is 0 Å². The lowest BCUT2D eigenvalue weighted by Gasteiger charge is -2.38. The van der Waals surface area contributed by atoms with Crippen molar-refractivity contribution in [1.29, 1.82) is 0 Å². The number of rotatable bonds is 4. The van der Waals surface area contributed by atoms with Gasteiger partial charge in [-0.1, -0.05) is 46.3 Å². The first-order valence-electron chi connectivity index (χ1n) is 7.83. The van der Waals surface area contributed by atoms with E-state index in [1.165, 1.54) is 6.42 Å². The summed E-state index contributed by atoms with van der Waals surface area (Å²) in [5, 5.41) is 1.07. The summed E-state index contributed by atoms with van der Waals surface area (Å²) >= 11 is 3.53. The molecular weight excluding hydrogens is 330 g/mol. The van der Waals surface area contributed by atoms with E-state index in [1.54, 1.807) is 0 Å². The third-order valence-electron chi connectivity index (χ3n) is 4.76. The first kappa shape index (κ1) is 14.9. The van der Waals surface area contributed by atoms with E-state index in [-0.39, 0.29) is 6.09 Å². The molecule has 2 bridgehead atoms. The third-order valence-corrected chi connectivity index (χ3v) is 5.22. The second-order valence-corrected chi connectivity index (χ2v) is 6.94. The van der Waals surface area contributed by atoms with Gasteiger partial charge in [0.1, 0.15) is 6.61 Å². The number of carbonyl (C=O) groups is 1. The molecule has 2 atom stereocenters. The number of ether oxygens (including phenoxy) is 1. The Morgan fingerprint density at radius 3 is 2.48 bits per heavy atom. The van der Waals surface area contributed by atoms with E-state index in [0.717, 1.165) is 42.5 Å². The maximum atomic E-state index is 12.4. The van der Waals surface area contributed by atoms with Crippen molar-refractivity contribution in [2.45, 2.75) is 50.8 Å². The SMILES string of the molecule is O=C(OCc1ccccc1)N1C2CCC1CC(CCBr)C2. The summed E-state index contributed by atoms with van der Waals surface area (Å²) in [6, 6.07) is 10.7. The van der Waals surface area contributed by atoms with E-state index in [0.29, 0.717) is 18.7 Å². The van der Waals surface area contributed by atoms with Crippen molar-refractivity contribution in [3.05, 3.63) is 35.9 Å². The molecule has 4 heteroatoms. The van der Waals surface area contributed by atoms with Gasteiger partial charge >= 0.3 is 6.09 Å². The fraction of sp³-hybridized carbons (Fsp3) is 0.588. The normalized spacial score (nSPS) is 27.7. The molecule has 2 saturated heterocycles. The summed E-state index contributed by atoms with van der Waals surface area (Å²) in [6.45, 7) is 0.375. The highest BCUT2D eigenvalue weighted by Crippen LogP contribution is 2.40. The average Bonchev–Trinajstić information content (AvgIpc) is 2.78. The van der Waals surface area contributed by atoms with E-state index >= 15 is 0 Å². The highest BCUT2D eigenvalue weighted by atomic mass is 79.9. The zero-order valence-electron chi connectivity index (χ0n) is 12.2. The van der Waals surface area contributed by atoms with Crippen LogP contribution in [0.2, 0.25) is 0 Å². The van der Waals surface area contributed by atoms with Crippen molar-refractivity contribution in [1.82, 2.24) is 4.90 Å². The summed E-state index contributed by atoms with van der Waals surface area (Å²) in [5.74, 6) is 0.764. The number of carbonyl (C=O) groups excluding carboxylic acids is 1. The molecular formula is C17H22BrNO2. The molecule has 2 aliphatic heterocycles. The number of piperidine rings is 1. The van der Waals surface area contributed by atoms with Crippen molar-refractivity contribution < 1.29 is 9.53 Å². The van der Waals surface area contributed by atoms with E-state index in [9.17, 15) is 4.79 Å². The van der Waals surface area contributed by atoms with E-state index in [2.05, 4.69) is 15.9 Å². The monoisotopic (exact) mass is 351 g/mol. The number of amides is 1. The predicted octanol–water partition coefficient (Wildman–Crippen LogP) is 4.35. The molecule has 0 aromatic heterocycles. The minimum absolute atomic E-state index is 0.122. The molecule has 2 heterocycles. The summed E-state index contributed by atoms with van der Waals surface area (Å²) in [7, 11) is 0. The van der Waals surface area contributed by atoms with Gasteiger partial charge in [0, 0.05) is 17.4 Å². The van der Waals surface area contributed by atoms with E-state index in [1.807, 2.05) is 35.2 Å². The molecule has 21 heavy (non-hydrogen) atoms. The van der Waals surface area contributed by atoms with Gasteiger partial charge in [-0.15, -0.1) is 0 Å². The Kier molecular flexibility index (Phi) is 4.84. The van der Waals surface area contributed by atoms with Gasteiger partial charge in [0.05, 0.1) is 0 Å². The molecule has 2 aliphatic rings. The predicted molar refractivity (Wildman–Crippen MR) is 86.4 cm³/mol. The van der Waals surface area contributed by atoms with Crippen molar-refractivity contribution in [3.8, 4) is 0 Å². The Bertz CT molecular complexity index is 465. The Morgan fingerprint density at radius 1 is 1.19 bits per heavy atom. The molecule has 1 aromatic carbocycles. The fourth-order valence-corrected chi connectivity index (χ4v) is 4.42. The van der Waals surface area contributed by atoms with Crippen LogP contribution in [0.3, 0.4) is 0 Å². The zero-order valence-corrected chi connectivity index (χ0v) is 13.8. The van der Waals surface area contributed by atoms with Crippen molar-refractivity contribution in [2.24, 2.45) is 5.92 Å². The zero-order chi connectivity index (χ0) is 14.7. The first-order chi connectivity index (χ1) is 10.3. The van der Waals surface area contributed by atoms with Crippen LogP contribution in [0.5, 0.6) is 0 Å². The standard InChI is InChI=1S/C17H22BrNO2/c18-9-8-14-10-15-6-7-16(11-14)19(15)17(20)21-12-13-4-2-1-3-5-13/h1-5,14-16H,6-12H2. The van der Waals surface area contributed by atoms with Crippen LogP contribution in [-0.4, -0.2) is 28.4 Å². The van der Waals surface area contributed by atoms with Gasteiger partial charge in [-0.3, -0.25) is 0 Å². The maximum absolute atomic E-state index is 12.4. The van der Waals surface area contributed by atoms with Gasteiger partial charge in [-0.2, -0.15) is 0 Å². The van der Waals surface area contributed by atoms with Gasteiger partial charge in [0.25, 0.3) is 0 Å². The lowest BCUT2D eigenvalue weighted by atomic mass is 9.89.